The number of aryl methyl sites for hydroxylation is 1. The highest BCUT2D eigenvalue weighted by Crippen LogP contribution is 2.29. The van der Waals surface area contributed by atoms with Crippen LogP contribution in [0, 0.1) is 6.92 Å². The largest absolute Gasteiger partial charge is 0.437 e. The molecule has 1 aromatic heterocycles. The van der Waals surface area contributed by atoms with Gasteiger partial charge in [-0.25, -0.2) is 10.8 Å². The summed E-state index contributed by atoms with van der Waals surface area (Å²) in [5.41, 5.74) is 3.22. The lowest BCUT2D eigenvalue weighted by molar-refractivity contribution is 0.462. The Morgan fingerprint density at radius 2 is 2.06 bits per heavy atom. The number of hydrogen-bond acceptors (Lipinski definition) is 5. The molecule has 0 bridgehead atoms. The van der Waals surface area contributed by atoms with Gasteiger partial charge in [-0.05, 0) is 30.7 Å². The Morgan fingerprint density at radius 3 is 2.72 bits per heavy atom. The highest BCUT2D eigenvalue weighted by Gasteiger charge is 2.08. The van der Waals surface area contributed by atoms with Gasteiger partial charge in [0.1, 0.15) is 10.8 Å². The van der Waals surface area contributed by atoms with Crippen LogP contribution in [-0.2, 0) is 0 Å². The van der Waals surface area contributed by atoms with Crippen molar-refractivity contribution in [2.24, 2.45) is 5.84 Å². The molecule has 18 heavy (non-hydrogen) atoms. The molecule has 0 aliphatic heterocycles. The van der Waals surface area contributed by atoms with E-state index in [1.165, 1.54) is 6.20 Å². The van der Waals surface area contributed by atoms with Gasteiger partial charge < -0.3 is 4.74 Å². The van der Waals surface area contributed by atoms with E-state index in [-0.39, 0.29) is 11.8 Å². The number of rotatable bonds is 3. The van der Waals surface area contributed by atoms with Crippen molar-refractivity contribution in [1.82, 2.24) is 9.97 Å². The summed E-state index contributed by atoms with van der Waals surface area (Å²) in [4.78, 5) is 7.85. The first-order valence-corrected chi connectivity index (χ1v) is 5.79. The first kappa shape index (κ1) is 12.9. The van der Waals surface area contributed by atoms with E-state index in [0.717, 1.165) is 5.56 Å². The third-order valence-corrected chi connectivity index (χ3v) is 2.87. The average Bonchev–Trinajstić information content (AvgIpc) is 2.36. The molecule has 0 amide bonds. The van der Waals surface area contributed by atoms with E-state index in [1.807, 2.05) is 6.92 Å². The standard InChI is InChI=1S/C11H10Cl2N4O/c1-6-4-7(2-3-8(6)12)18-10-9(13)5-15-11(16-10)17-14/h2-5H,14H2,1H3,(H,15,16,17). The molecule has 2 rings (SSSR count). The van der Waals surface area contributed by atoms with Crippen molar-refractivity contribution < 1.29 is 4.74 Å². The number of nitrogen functional groups attached to an aromatic ring is 1. The Bertz CT molecular complexity index is 577. The molecule has 7 heteroatoms. The lowest BCUT2D eigenvalue weighted by Crippen LogP contribution is -2.10. The summed E-state index contributed by atoms with van der Waals surface area (Å²) >= 11 is 11.9. The second-order valence-electron chi connectivity index (χ2n) is 3.50. The van der Waals surface area contributed by atoms with Crippen molar-refractivity contribution in [2.75, 3.05) is 5.43 Å². The molecular weight excluding hydrogens is 275 g/mol. The van der Waals surface area contributed by atoms with Crippen molar-refractivity contribution in [2.45, 2.75) is 6.92 Å². The Kier molecular flexibility index (Phi) is 3.86. The quantitative estimate of drug-likeness (QED) is 0.669. The van der Waals surface area contributed by atoms with Crippen LogP contribution in [0.15, 0.2) is 24.4 Å². The molecular formula is C11H10Cl2N4O. The number of ether oxygens (including phenoxy) is 1. The fourth-order valence-electron chi connectivity index (χ4n) is 1.28. The van der Waals surface area contributed by atoms with Crippen molar-refractivity contribution in [1.29, 1.82) is 0 Å². The minimum absolute atomic E-state index is 0.222. The molecule has 0 saturated carbocycles. The summed E-state index contributed by atoms with van der Waals surface area (Å²) in [6.45, 7) is 1.88. The Labute approximate surface area is 114 Å². The van der Waals surface area contributed by atoms with Crippen LogP contribution in [0.1, 0.15) is 5.56 Å². The first-order chi connectivity index (χ1) is 8.60. The zero-order valence-corrected chi connectivity index (χ0v) is 11.0. The highest BCUT2D eigenvalue weighted by molar-refractivity contribution is 6.32. The SMILES string of the molecule is Cc1cc(Oc2nc(NN)ncc2Cl)ccc1Cl. The summed E-state index contributed by atoms with van der Waals surface area (Å²) in [5, 5.41) is 0.960. The van der Waals surface area contributed by atoms with Gasteiger partial charge in [-0.1, -0.05) is 23.2 Å². The van der Waals surface area contributed by atoms with Gasteiger partial charge >= 0.3 is 0 Å². The van der Waals surface area contributed by atoms with Gasteiger partial charge in [0.15, 0.2) is 0 Å². The van der Waals surface area contributed by atoms with Gasteiger partial charge in [-0.2, -0.15) is 4.98 Å². The van der Waals surface area contributed by atoms with E-state index in [1.54, 1.807) is 18.2 Å². The molecule has 1 aromatic carbocycles. The van der Waals surface area contributed by atoms with Gasteiger partial charge in [0.25, 0.3) is 0 Å². The van der Waals surface area contributed by atoms with Crippen molar-refractivity contribution in [3.8, 4) is 11.6 Å². The fraction of sp³-hybridized carbons (Fsp3) is 0.0909. The molecule has 0 aliphatic rings. The Balaban J connectivity index is 2.30. The topological polar surface area (TPSA) is 73.1 Å². The summed E-state index contributed by atoms with van der Waals surface area (Å²) in [7, 11) is 0. The number of nitrogens with two attached hydrogens (primary N) is 1. The van der Waals surface area contributed by atoms with E-state index in [0.29, 0.717) is 15.8 Å². The summed E-state index contributed by atoms with van der Waals surface area (Å²) < 4.78 is 5.55. The summed E-state index contributed by atoms with van der Waals surface area (Å²) in [5.74, 6) is 6.24. The Hall–Kier alpha value is -1.56. The van der Waals surface area contributed by atoms with Crippen molar-refractivity contribution in [3.63, 3.8) is 0 Å². The molecule has 2 aromatic rings. The molecule has 0 spiro atoms. The van der Waals surface area contributed by atoms with Crippen LogP contribution < -0.4 is 16.0 Å². The van der Waals surface area contributed by atoms with E-state index in [9.17, 15) is 0 Å². The molecule has 0 aliphatic carbocycles. The minimum Gasteiger partial charge on any atom is -0.437 e. The third kappa shape index (κ3) is 2.81. The zero-order chi connectivity index (χ0) is 13.1. The predicted octanol–water partition coefficient (Wildman–Crippen LogP) is 3.17. The number of aromatic nitrogens is 2. The van der Waals surface area contributed by atoms with Crippen LogP contribution in [0.3, 0.4) is 0 Å². The Morgan fingerprint density at radius 1 is 1.28 bits per heavy atom. The monoisotopic (exact) mass is 284 g/mol. The van der Waals surface area contributed by atoms with Crippen LogP contribution in [-0.4, -0.2) is 9.97 Å². The number of nitrogens with zero attached hydrogens (tertiary/aromatic N) is 2. The van der Waals surface area contributed by atoms with E-state index in [2.05, 4.69) is 15.4 Å². The maximum absolute atomic E-state index is 5.93. The van der Waals surface area contributed by atoms with Crippen LogP contribution in [0.5, 0.6) is 11.6 Å². The first-order valence-electron chi connectivity index (χ1n) is 5.03. The number of halogens is 2. The smallest absolute Gasteiger partial charge is 0.243 e. The summed E-state index contributed by atoms with van der Waals surface area (Å²) in [6, 6.07) is 5.25. The molecule has 0 unspecified atom stereocenters. The van der Waals surface area contributed by atoms with Crippen LogP contribution in [0.4, 0.5) is 5.95 Å². The van der Waals surface area contributed by atoms with Crippen LogP contribution in [0.2, 0.25) is 10.0 Å². The highest BCUT2D eigenvalue weighted by atomic mass is 35.5. The van der Waals surface area contributed by atoms with Crippen molar-refractivity contribution in [3.05, 3.63) is 40.0 Å². The molecule has 0 radical (unpaired) electrons. The number of nitrogens with one attached hydrogen (secondary N) is 1. The van der Waals surface area contributed by atoms with Gasteiger partial charge in [-0.3, -0.25) is 5.43 Å². The predicted molar refractivity (Wildman–Crippen MR) is 71.1 cm³/mol. The second-order valence-corrected chi connectivity index (χ2v) is 4.32. The molecule has 0 atom stereocenters. The molecule has 0 fully saturated rings. The van der Waals surface area contributed by atoms with Crippen LogP contribution >= 0.6 is 23.2 Å². The lowest BCUT2D eigenvalue weighted by atomic mass is 10.2. The molecule has 5 nitrogen and oxygen atoms in total. The van der Waals surface area contributed by atoms with E-state index >= 15 is 0 Å². The number of hydrogen-bond donors (Lipinski definition) is 2. The number of hydrazine groups is 1. The van der Waals surface area contributed by atoms with Crippen LogP contribution in [0.25, 0.3) is 0 Å². The van der Waals surface area contributed by atoms with E-state index in [4.69, 9.17) is 33.8 Å². The third-order valence-electron chi connectivity index (χ3n) is 2.18. The number of anilines is 1. The maximum atomic E-state index is 5.93. The second kappa shape index (κ2) is 5.39. The van der Waals surface area contributed by atoms with Crippen molar-refractivity contribution >= 4 is 29.2 Å². The lowest BCUT2D eigenvalue weighted by Gasteiger charge is -2.08. The van der Waals surface area contributed by atoms with E-state index < -0.39 is 0 Å². The van der Waals surface area contributed by atoms with Gasteiger partial charge in [0, 0.05) is 5.02 Å². The average molecular weight is 285 g/mol. The zero-order valence-electron chi connectivity index (χ0n) is 9.45. The molecule has 3 N–H and O–H groups in total. The summed E-state index contributed by atoms with van der Waals surface area (Å²) in [6.07, 6.45) is 1.40. The van der Waals surface area contributed by atoms with Gasteiger partial charge in [0.2, 0.25) is 11.8 Å². The minimum atomic E-state index is 0.222. The maximum Gasteiger partial charge on any atom is 0.243 e. The molecule has 94 valence electrons. The number of benzene rings is 1. The van der Waals surface area contributed by atoms with Gasteiger partial charge in [0.05, 0.1) is 6.20 Å². The molecule has 0 saturated heterocycles. The normalized spacial score (nSPS) is 10.2. The van der Waals surface area contributed by atoms with Gasteiger partial charge in [-0.15, -0.1) is 0 Å². The fourth-order valence-corrected chi connectivity index (χ4v) is 1.53. The molecule has 1 heterocycles.